The van der Waals surface area contributed by atoms with Gasteiger partial charge in [-0.05, 0) is 38.5 Å². The molecule has 0 aliphatic carbocycles. The number of likely N-dealkylation sites (tertiary alicyclic amines) is 1. The number of ether oxygens (including phenoxy) is 2. The Morgan fingerprint density at radius 3 is 2.35 bits per heavy atom. The lowest BCUT2D eigenvalue weighted by Gasteiger charge is -2.21. The number of esters is 1. The van der Waals surface area contributed by atoms with Gasteiger partial charge >= 0.3 is 12.1 Å². The lowest BCUT2D eigenvalue weighted by atomic mass is 10.1. The maximum absolute atomic E-state index is 12.4. The van der Waals surface area contributed by atoms with Gasteiger partial charge in [0.1, 0.15) is 11.6 Å². The zero-order chi connectivity index (χ0) is 19.5. The molecule has 1 fully saturated rings. The number of methoxy groups -OCH3 is 1. The highest BCUT2D eigenvalue weighted by Crippen LogP contribution is 2.18. The highest BCUT2D eigenvalue weighted by molar-refractivity contribution is 6.06. The van der Waals surface area contributed by atoms with E-state index in [1.807, 2.05) is 0 Å². The van der Waals surface area contributed by atoms with E-state index in [-0.39, 0.29) is 18.9 Å². The third-order valence-electron chi connectivity index (χ3n) is 3.65. The topological polar surface area (TPSA) is 102 Å². The summed E-state index contributed by atoms with van der Waals surface area (Å²) in [6.07, 6.45) is -0.855. The Labute approximate surface area is 151 Å². The van der Waals surface area contributed by atoms with Gasteiger partial charge in [-0.25, -0.2) is 9.59 Å². The van der Waals surface area contributed by atoms with Crippen molar-refractivity contribution in [1.82, 2.24) is 10.2 Å². The smallest absolute Gasteiger partial charge is 0.408 e. The van der Waals surface area contributed by atoms with Crippen LogP contribution < -0.4 is 5.32 Å². The molecule has 140 valence electrons. The summed E-state index contributed by atoms with van der Waals surface area (Å²) in [6.45, 7) is 5.18. The summed E-state index contributed by atoms with van der Waals surface area (Å²) >= 11 is 0. The van der Waals surface area contributed by atoms with E-state index in [1.54, 1.807) is 45.0 Å². The number of hydrogen-bond donors (Lipinski definition) is 1. The number of carbonyl (C=O) groups is 4. The second-order valence-electron chi connectivity index (χ2n) is 6.91. The number of benzene rings is 1. The Hall–Kier alpha value is -2.90. The molecule has 2 rings (SSSR count). The largest absolute Gasteiger partial charge is 0.465 e. The molecule has 0 spiro atoms. The molecule has 26 heavy (non-hydrogen) atoms. The fourth-order valence-corrected chi connectivity index (χ4v) is 2.46. The van der Waals surface area contributed by atoms with E-state index in [0.29, 0.717) is 11.1 Å². The van der Waals surface area contributed by atoms with Crippen molar-refractivity contribution >= 4 is 23.9 Å². The number of amides is 3. The molecule has 1 N–H and O–H groups in total. The molecule has 1 saturated heterocycles. The van der Waals surface area contributed by atoms with Crippen LogP contribution >= 0.6 is 0 Å². The van der Waals surface area contributed by atoms with E-state index in [2.05, 4.69) is 10.1 Å². The fraction of sp³-hybridized carbons (Fsp3) is 0.444. The Kier molecular flexibility index (Phi) is 5.64. The van der Waals surface area contributed by atoms with Crippen LogP contribution in [0.15, 0.2) is 24.3 Å². The van der Waals surface area contributed by atoms with Gasteiger partial charge < -0.3 is 14.8 Å². The number of alkyl carbamates (subject to hydrolysis) is 1. The molecule has 3 amide bonds. The summed E-state index contributed by atoms with van der Waals surface area (Å²) in [6, 6.07) is 5.46. The fourth-order valence-electron chi connectivity index (χ4n) is 2.46. The van der Waals surface area contributed by atoms with E-state index in [0.717, 1.165) is 4.90 Å². The molecule has 0 unspecified atom stereocenters. The first-order valence-electron chi connectivity index (χ1n) is 8.11. The second kappa shape index (κ2) is 7.55. The molecular weight excluding hydrogens is 340 g/mol. The summed E-state index contributed by atoms with van der Waals surface area (Å²) in [5, 5.41) is 2.43. The van der Waals surface area contributed by atoms with Crippen molar-refractivity contribution in [1.29, 1.82) is 0 Å². The van der Waals surface area contributed by atoms with Crippen molar-refractivity contribution in [2.75, 3.05) is 7.11 Å². The average molecular weight is 362 g/mol. The number of nitrogens with one attached hydrogen (secondary N) is 1. The maximum atomic E-state index is 12.4. The van der Waals surface area contributed by atoms with Gasteiger partial charge in [0.2, 0.25) is 5.91 Å². The standard InChI is InChI=1S/C18H22N2O6/c1-18(2,3)26-17(24)19-13-9-14(21)20(15(13)22)10-11-5-7-12(8-6-11)16(23)25-4/h5-8,13H,9-10H2,1-4H3,(H,19,24)/t13-/m0/s1. The molecule has 0 radical (unpaired) electrons. The number of hydrogen-bond acceptors (Lipinski definition) is 6. The van der Waals surface area contributed by atoms with Gasteiger partial charge in [0.25, 0.3) is 5.91 Å². The van der Waals surface area contributed by atoms with Crippen LogP contribution in [0.25, 0.3) is 0 Å². The quantitative estimate of drug-likeness (QED) is 0.645. The third kappa shape index (κ3) is 4.81. The zero-order valence-electron chi connectivity index (χ0n) is 15.2. The normalized spacial score (nSPS) is 17.2. The van der Waals surface area contributed by atoms with Crippen molar-refractivity contribution in [2.45, 2.75) is 45.4 Å². The van der Waals surface area contributed by atoms with Gasteiger partial charge in [-0.1, -0.05) is 12.1 Å². The van der Waals surface area contributed by atoms with Crippen LogP contribution in [0.5, 0.6) is 0 Å². The summed E-state index contributed by atoms with van der Waals surface area (Å²) in [5.74, 6) is -1.34. The molecule has 1 aliphatic heterocycles. The van der Waals surface area contributed by atoms with Gasteiger partial charge in [0.05, 0.1) is 25.6 Å². The second-order valence-corrected chi connectivity index (χ2v) is 6.91. The molecular formula is C18H22N2O6. The Morgan fingerprint density at radius 1 is 1.19 bits per heavy atom. The van der Waals surface area contributed by atoms with Crippen LogP contribution in [-0.2, 0) is 25.6 Å². The highest BCUT2D eigenvalue weighted by Gasteiger charge is 2.40. The summed E-state index contributed by atoms with van der Waals surface area (Å²) in [4.78, 5) is 48.8. The monoisotopic (exact) mass is 362 g/mol. The molecule has 0 aromatic heterocycles. The van der Waals surface area contributed by atoms with Crippen LogP contribution in [0.3, 0.4) is 0 Å². The number of rotatable bonds is 4. The summed E-state index contributed by atoms with van der Waals surface area (Å²) in [7, 11) is 1.29. The van der Waals surface area contributed by atoms with Crippen LogP contribution in [0.4, 0.5) is 4.79 Å². The third-order valence-corrected chi connectivity index (χ3v) is 3.65. The van der Waals surface area contributed by atoms with Gasteiger partial charge in [-0.3, -0.25) is 14.5 Å². The molecule has 0 saturated carbocycles. The number of carbonyl (C=O) groups excluding carboxylic acids is 4. The van der Waals surface area contributed by atoms with Crippen molar-refractivity contribution in [3.05, 3.63) is 35.4 Å². The lowest BCUT2D eigenvalue weighted by molar-refractivity contribution is -0.139. The molecule has 1 aromatic carbocycles. The number of nitrogens with zero attached hydrogens (tertiary/aromatic N) is 1. The Balaban J connectivity index is 2.00. The minimum absolute atomic E-state index is 0.0611. The minimum atomic E-state index is -0.938. The maximum Gasteiger partial charge on any atom is 0.408 e. The van der Waals surface area contributed by atoms with Crippen molar-refractivity contribution < 1.29 is 28.7 Å². The molecule has 8 heteroatoms. The van der Waals surface area contributed by atoms with Gasteiger partial charge in [-0.15, -0.1) is 0 Å². The SMILES string of the molecule is COC(=O)c1ccc(CN2C(=O)C[C@H](NC(=O)OC(C)(C)C)C2=O)cc1. The Bertz CT molecular complexity index is 720. The molecule has 8 nitrogen and oxygen atoms in total. The predicted molar refractivity (Wildman–Crippen MR) is 91.1 cm³/mol. The van der Waals surface area contributed by atoms with Crippen molar-refractivity contribution in [3.63, 3.8) is 0 Å². The zero-order valence-corrected chi connectivity index (χ0v) is 15.2. The van der Waals surface area contributed by atoms with E-state index in [4.69, 9.17) is 4.74 Å². The average Bonchev–Trinajstić information content (AvgIpc) is 2.80. The predicted octanol–water partition coefficient (Wildman–Crippen LogP) is 1.63. The van der Waals surface area contributed by atoms with Gasteiger partial charge in [0, 0.05) is 0 Å². The first-order valence-corrected chi connectivity index (χ1v) is 8.11. The lowest BCUT2D eigenvalue weighted by Crippen LogP contribution is -2.43. The molecule has 1 aliphatic rings. The highest BCUT2D eigenvalue weighted by atomic mass is 16.6. The molecule has 1 aromatic rings. The first-order chi connectivity index (χ1) is 12.1. The van der Waals surface area contributed by atoms with Crippen LogP contribution in [0.2, 0.25) is 0 Å². The van der Waals surface area contributed by atoms with Crippen LogP contribution in [0, 0.1) is 0 Å². The number of imide groups is 1. The summed E-state index contributed by atoms with van der Waals surface area (Å²) < 4.78 is 9.73. The molecule has 1 atom stereocenters. The van der Waals surface area contributed by atoms with Gasteiger partial charge in [0.15, 0.2) is 0 Å². The van der Waals surface area contributed by atoms with Crippen molar-refractivity contribution in [3.8, 4) is 0 Å². The van der Waals surface area contributed by atoms with Gasteiger partial charge in [-0.2, -0.15) is 0 Å². The van der Waals surface area contributed by atoms with Crippen LogP contribution in [-0.4, -0.2) is 47.5 Å². The van der Waals surface area contributed by atoms with E-state index in [1.165, 1.54) is 7.11 Å². The van der Waals surface area contributed by atoms with E-state index in [9.17, 15) is 19.2 Å². The van der Waals surface area contributed by atoms with E-state index < -0.39 is 29.6 Å². The van der Waals surface area contributed by atoms with Crippen LogP contribution in [0.1, 0.15) is 43.1 Å². The molecule has 1 heterocycles. The Morgan fingerprint density at radius 2 is 1.81 bits per heavy atom. The van der Waals surface area contributed by atoms with Crippen molar-refractivity contribution in [2.24, 2.45) is 0 Å². The minimum Gasteiger partial charge on any atom is -0.465 e. The summed E-state index contributed by atoms with van der Waals surface area (Å²) in [5.41, 5.74) is 0.355. The first kappa shape index (κ1) is 19.4. The molecule has 0 bridgehead atoms. The van der Waals surface area contributed by atoms with E-state index >= 15 is 0 Å².